The van der Waals surface area contributed by atoms with E-state index >= 15 is 0 Å². The van der Waals surface area contributed by atoms with E-state index in [4.69, 9.17) is 0 Å². The quantitative estimate of drug-likeness (QED) is 0.564. The second-order valence-electron chi connectivity index (χ2n) is 4.01. The summed E-state index contributed by atoms with van der Waals surface area (Å²) in [5.41, 5.74) is 2.66. The minimum atomic E-state index is -0.246. The molecule has 0 radical (unpaired) electrons. The van der Waals surface area contributed by atoms with Gasteiger partial charge in [-0.1, -0.05) is 68.2 Å². The van der Waals surface area contributed by atoms with Crippen LogP contribution in [0.15, 0.2) is 78.3 Å². The molecule has 0 aliphatic carbocycles. The van der Waals surface area contributed by atoms with Gasteiger partial charge in [-0.25, -0.2) is 0 Å². The Hall–Kier alpha value is -1.78. The molecule has 0 N–H and O–H groups in total. The summed E-state index contributed by atoms with van der Waals surface area (Å²) in [6.45, 7) is 0. The van der Waals surface area contributed by atoms with E-state index in [1.54, 1.807) is 0 Å². The molecule has 82 valence electrons. The highest BCUT2D eigenvalue weighted by Gasteiger charge is 2.01. The summed E-state index contributed by atoms with van der Waals surface area (Å²) in [5.74, 6) is 4.72. The summed E-state index contributed by atoms with van der Waals surface area (Å²) >= 11 is 0. The van der Waals surface area contributed by atoms with Gasteiger partial charge in [0.05, 0.1) is 0 Å². The lowest BCUT2D eigenvalue weighted by molar-refractivity contribution is 1.68. The van der Waals surface area contributed by atoms with E-state index in [9.17, 15) is 0 Å². The van der Waals surface area contributed by atoms with Gasteiger partial charge in [0.2, 0.25) is 0 Å². The standard InChI is InChI=1S/C16H13P/c1-3-7-14(8-4-1)15-11-12-17(13-15)16-9-5-2-6-10-16/h1-13H. The Labute approximate surface area is 103 Å². The van der Waals surface area contributed by atoms with E-state index in [0.29, 0.717) is 0 Å². The van der Waals surface area contributed by atoms with Crippen LogP contribution in [0.2, 0.25) is 0 Å². The molecule has 17 heavy (non-hydrogen) atoms. The summed E-state index contributed by atoms with van der Waals surface area (Å²) < 4.78 is 0. The molecule has 0 aliphatic rings. The lowest BCUT2D eigenvalue weighted by Crippen LogP contribution is -1.69. The van der Waals surface area contributed by atoms with E-state index in [2.05, 4.69) is 78.3 Å². The molecule has 0 amide bonds. The summed E-state index contributed by atoms with van der Waals surface area (Å²) in [5, 5.41) is 1.42. The average molecular weight is 236 g/mol. The summed E-state index contributed by atoms with van der Waals surface area (Å²) in [7, 11) is -0.246. The number of hydrogen-bond acceptors (Lipinski definition) is 0. The highest BCUT2D eigenvalue weighted by Crippen LogP contribution is 2.42. The van der Waals surface area contributed by atoms with Gasteiger partial charge in [0.15, 0.2) is 0 Å². The van der Waals surface area contributed by atoms with Crippen molar-refractivity contribution in [3.63, 3.8) is 0 Å². The molecule has 1 heterocycles. The molecule has 0 bridgehead atoms. The molecule has 1 aromatic heterocycles. The minimum absolute atomic E-state index is 0.246. The Kier molecular flexibility index (Phi) is 2.81. The van der Waals surface area contributed by atoms with Crippen LogP contribution < -0.4 is 0 Å². The van der Waals surface area contributed by atoms with Gasteiger partial charge in [0, 0.05) is 0 Å². The van der Waals surface area contributed by atoms with E-state index in [-0.39, 0.29) is 7.53 Å². The van der Waals surface area contributed by atoms with Crippen LogP contribution in [0.5, 0.6) is 0 Å². The fourth-order valence-electron chi connectivity index (χ4n) is 1.96. The fraction of sp³-hybridized carbons (Fsp3) is 0. The van der Waals surface area contributed by atoms with Gasteiger partial charge in [0.1, 0.15) is 0 Å². The van der Waals surface area contributed by atoms with Crippen molar-refractivity contribution in [1.82, 2.24) is 0 Å². The van der Waals surface area contributed by atoms with Gasteiger partial charge in [-0.05, 0) is 34.1 Å². The van der Waals surface area contributed by atoms with Gasteiger partial charge >= 0.3 is 0 Å². The topological polar surface area (TPSA) is 0 Å². The summed E-state index contributed by atoms with van der Waals surface area (Å²) in [6.07, 6.45) is 0. The van der Waals surface area contributed by atoms with Crippen LogP contribution in [-0.4, -0.2) is 0 Å². The van der Waals surface area contributed by atoms with Crippen LogP contribution in [-0.2, 0) is 0 Å². The minimum Gasteiger partial charge on any atom is -0.0928 e. The molecule has 1 atom stereocenters. The van der Waals surface area contributed by atoms with Gasteiger partial charge in [0.25, 0.3) is 0 Å². The van der Waals surface area contributed by atoms with Crippen molar-refractivity contribution in [3.8, 4) is 16.4 Å². The Morgan fingerprint density at radius 1 is 0.588 bits per heavy atom. The van der Waals surface area contributed by atoms with E-state index in [1.807, 2.05) is 0 Å². The summed E-state index contributed by atoms with van der Waals surface area (Å²) in [4.78, 5) is 0. The Morgan fingerprint density at radius 2 is 1.24 bits per heavy atom. The van der Waals surface area contributed by atoms with Crippen LogP contribution in [0, 0.1) is 0 Å². The van der Waals surface area contributed by atoms with Gasteiger partial charge in [-0.15, -0.1) is 0 Å². The maximum atomic E-state index is 2.39. The monoisotopic (exact) mass is 236 g/mol. The van der Waals surface area contributed by atoms with Crippen molar-refractivity contribution >= 4 is 7.53 Å². The first kappa shape index (κ1) is 10.4. The normalized spacial score (nSPS) is 11.4. The molecule has 0 saturated carbocycles. The summed E-state index contributed by atoms with van der Waals surface area (Å²) in [6, 6.07) is 23.5. The largest absolute Gasteiger partial charge is 0.0928 e. The Morgan fingerprint density at radius 3 is 1.94 bits per heavy atom. The molecule has 0 spiro atoms. The van der Waals surface area contributed by atoms with Crippen molar-refractivity contribution in [2.75, 3.05) is 0 Å². The second-order valence-corrected chi connectivity index (χ2v) is 5.90. The van der Waals surface area contributed by atoms with E-state index in [1.165, 1.54) is 16.4 Å². The molecular weight excluding hydrogens is 223 g/mol. The lowest BCUT2D eigenvalue weighted by Gasteiger charge is -1.98. The van der Waals surface area contributed by atoms with Crippen molar-refractivity contribution in [2.45, 2.75) is 0 Å². The molecule has 3 rings (SSSR count). The highest BCUT2D eigenvalue weighted by atomic mass is 31.1. The number of benzene rings is 2. The van der Waals surface area contributed by atoms with Crippen molar-refractivity contribution in [3.05, 3.63) is 78.3 Å². The molecule has 1 heteroatoms. The maximum Gasteiger partial charge on any atom is -0.00217 e. The molecule has 0 nitrogen and oxygen atoms in total. The molecular formula is C16H13P. The first-order valence-corrected chi connectivity index (χ1v) is 7.20. The molecule has 0 aliphatic heterocycles. The SMILES string of the molecule is c1ccc(-c2ccp(-c3ccccc3)c2)cc1. The zero-order chi connectivity index (χ0) is 11.5. The molecule has 0 saturated heterocycles. The Balaban J connectivity index is 1.99. The molecule has 3 aromatic rings. The van der Waals surface area contributed by atoms with Crippen LogP contribution in [0.1, 0.15) is 0 Å². The van der Waals surface area contributed by atoms with Crippen LogP contribution in [0.3, 0.4) is 0 Å². The molecule has 0 fully saturated rings. The molecule has 2 aromatic carbocycles. The third kappa shape index (κ3) is 2.18. The van der Waals surface area contributed by atoms with E-state index in [0.717, 1.165) is 0 Å². The third-order valence-electron chi connectivity index (χ3n) is 2.85. The fourth-order valence-corrected chi connectivity index (χ4v) is 3.74. The van der Waals surface area contributed by atoms with Crippen molar-refractivity contribution in [1.29, 1.82) is 0 Å². The highest BCUT2D eigenvalue weighted by molar-refractivity contribution is 7.56. The van der Waals surface area contributed by atoms with Crippen molar-refractivity contribution in [2.24, 2.45) is 0 Å². The van der Waals surface area contributed by atoms with Crippen molar-refractivity contribution < 1.29 is 0 Å². The molecule has 1 unspecified atom stereocenters. The Bertz CT molecular complexity index is 540. The van der Waals surface area contributed by atoms with Gasteiger partial charge in [-0.3, -0.25) is 0 Å². The third-order valence-corrected chi connectivity index (χ3v) is 4.78. The first-order valence-electron chi connectivity index (χ1n) is 5.72. The average Bonchev–Trinajstić information content (AvgIpc) is 2.90. The van der Waals surface area contributed by atoms with Crippen LogP contribution in [0.25, 0.3) is 16.4 Å². The number of hydrogen-bond donors (Lipinski definition) is 0. The zero-order valence-electron chi connectivity index (χ0n) is 9.45. The van der Waals surface area contributed by atoms with Gasteiger partial charge in [-0.2, -0.15) is 0 Å². The second kappa shape index (κ2) is 4.61. The maximum absolute atomic E-state index is 2.39. The van der Waals surface area contributed by atoms with Gasteiger partial charge < -0.3 is 0 Å². The predicted octanol–water partition coefficient (Wildman–Crippen LogP) is 5.33. The first-order chi connectivity index (χ1) is 8.43. The van der Waals surface area contributed by atoms with Crippen LogP contribution >= 0.6 is 7.53 Å². The van der Waals surface area contributed by atoms with E-state index < -0.39 is 0 Å². The van der Waals surface area contributed by atoms with Crippen LogP contribution in [0.4, 0.5) is 0 Å². The zero-order valence-corrected chi connectivity index (χ0v) is 10.3. The smallest absolute Gasteiger partial charge is 0.00217 e. The lowest BCUT2D eigenvalue weighted by atomic mass is 10.1. The predicted molar refractivity (Wildman–Crippen MR) is 75.9 cm³/mol. The number of rotatable bonds is 2.